The molecule has 0 fully saturated rings. The van der Waals surface area contributed by atoms with E-state index in [1.54, 1.807) is 6.92 Å². The molecule has 1 aromatic rings. The van der Waals surface area contributed by atoms with Crippen molar-refractivity contribution in [3.05, 3.63) is 41.5 Å². The zero-order valence-corrected chi connectivity index (χ0v) is 10.9. The standard InChI is InChI=1S/C13H15ClOS/c1-11(15)16-8-3-2-5-12-6-4-7-13(9-12)10-14/h2,4-7,9H,3,8,10H2,1H3. The van der Waals surface area contributed by atoms with Crippen LogP contribution in [-0.2, 0) is 10.7 Å². The number of hydrogen-bond donors (Lipinski definition) is 0. The second kappa shape index (κ2) is 7.53. The number of carbonyl (C=O) groups excluding carboxylic acids is 1. The summed E-state index contributed by atoms with van der Waals surface area (Å²) in [7, 11) is 0. The molecule has 0 unspecified atom stereocenters. The molecule has 0 spiro atoms. The predicted molar refractivity (Wildman–Crippen MR) is 72.8 cm³/mol. The molecule has 0 saturated heterocycles. The molecule has 0 aliphatic rings. The van der Waals surface area contributed by atoms with Crippen molar-refractivity contribution >= 4 is 34.6 Å². The number of allylic oxidation sites excluding steroid dienone is 1. The molecule has 16 heavy (non-hydrogen) atoms. The highest BCUT2D eigenvalue weighted by atomic mass is 35.5. The van der Waals surface area contributed by atoms with Gasteiger partial charge in [-0.25, -0.2) is 0 Å². The van der Waals surface area contributed by atoms with Gasteiger partial charge in [-0.3, -0.25) is 4.79 Å². The Hall–Kier alpha value is -0.730. The first kappa shape index (κ1) is 13.3. The van der Waals surface area contributed by atoms with Crippen molar-refractivity contribution in [1.29, 1.82) is 0 Å². The lowest BCUT2D eigenvalue weighted by Gasteiger charge is -1.97. The fourth-order valence-corrected chi connectivity index (χ4v) is 1.98. The van der Waals surface area contributed by atoms with Gasteiger partial charge in [0, 0.05) is 18.6 Å². The van der Waals surface area contributed by atoms with Crippen LogP contribution in [0.25, 0.3) is 6.08 Å². The number of rotatable bonds is 5. The van der Waals surface area contributed by atoms with Gasteiger partial charge in [0.1, 0.15) is 0 Å². The Bertz CT molecular complexity index is 374. The summed E-state index contributed by atoms with van der Waals surface area (Å²) in [5.74, 6) is 1.39. The molecule has 0 saturated carbocycles. The fourth-order valence-electron chi connectivity index (χ4n) is 1.27. The van der Waals surface area contributed by atoms with Crippen LogP contribution in [0.3, 0.4) is 0 Å². The molecule has 0 aliphatic heterocycles. The topological polar surface area (TPSA) is 17.1 Å². The van der Waals surface area contributed by atoms with Gasteiger partial charge in [-0.15, -0.1) is 11.6 Å². The van der Waals surface area contributed by atoms with E-state index < -0.39 is 0 Å². The highest BCUT2D eigenvalue weighted by molar-refractivity contribution is 8.13. The van der Waals surface area contributed by atoms with Gasteiger partial charge in [0.25, 0.3) is 0 Å². The van der Waals surface area contributed by atoms with E-state index in [-0.39, 0.29) is 5.12 Å². The number of thioether (sulfide) groups is 1. The molecule has 1 rings (SSSR count). The van der Waals surface area contributed by atoms with Crippen LogP contribution in [0.15, 0.2) is 30.3 Å². The SMILES string of the molecule is CC(=O)SCCC=Cc1cccc(CCl)c1. The van der Waals surface area contributed by atoms with Gasteiger partial charge in [0.15, 0.2) is 5.12 Å². The highest BCUT2D eigenvalue weighted by Gasteiger charge is 1.92. The maximum atomic E-state index is 10.7. The van der Waals surface area contributed by atoms with E-state index >= 15 is 0 Å². The second-order valence-electron chi connectivity index (χ2n) is 3.41. The minimum atomic E-state index is 0.178. The van der Waals surface area contributed by atoms with E-state index in [0.29, 0.717) is 5.88 Å². The Morgan fingerprint density at radius 3 is 3.00 bits per heavy atom. The van der Waals surface area contributed by atoms with Crippen LogP contribution in [0, 0.1) is 0 Å². The van der Waals surface area contributed by atoms with E-state index in [1.807, 2.05) is 18.2 Å². The third kappa shape index (κ3) is 5.38. The second-order valence-corrected chi connectivity index (χ2v) is 4.95. The molecule has 0 aromatic heterocycles. The van der Waals surface area contributed by atoms with Crippen LogP contribution in [0.1, 0.15) is 24.5 Å². The van der Waals surface area contributed by atoms with Crippen molar-refractivity contribution in [2.45, 2.75) is 19.2 Å². The molecule has 86 valence electrons. The monoisotopic (exact) mass is 254 g/mol. The lowest BCUT2D eigenvalue weighted by molar-refractivity contribution is -0.109. The lowest BCUT2D eigenvalue weighted by atomic mass is 10.1. The number of halogens is 1. The summed E-state index contributed by atoms with van der Waals surface area (Å²) in [6.45, 7) is 1.60. The molecule has 1 aromatic carbocycles. The normalized spacial score (nSPS) is 10.9. The smallest absolute Gasteiger partial charge is 0.185 e. The largest absolute Gasteiger partial charge is 0.288 e. The Kier molecular flexibility index (Phi) is 6.27. The van der Waals surface area contributed by atoms with Crippen LogP contribution in [0.4, 0.5) is 0 Å². The molecule has 1 nitrogen and oxygen atoms in total. The Morgan fingerprint density at radius 1 is 1.50 bits per heavy atom. The van der Waals surface area contributed by atoms with Crippen molar-refractivity contribution in [2.75, 3.05) is 5.75 Å². The van der Waals surface area contributed by atoms with Gasteiger partial charge in [-0.05, 0) is 17.5 Å². The molecule has 0 heterocycles. The molecule has 0 radical (unpaired) electrons. The minimum absolute atomic E-state index is 0.178. The average Bonchev–Trinajstić information content (AvgIpc) is 2.28. The van der Waals surface area contributed by atoms with Gasteiger partial charge in [0.2, 0.25) is 0 Å². The predicted octanol–water partition coefficient (Wildman–Crippen LogP) is 4.11. The molecular weight excluding hydrogens is 240 g/mol. The minimum Gasteiger partial charge on any atom is -0.288 e. The maximum absolute atomic E-state index is 10.7. The summed E-state index contributed by atoms with van der Waals surface area (Å²) in [5, 5.41) is 0.178. The van der Waals surface area contributed by atoms with Crippen LogP contribution in [-0.4, -0.2) is 10.9 Å². The lowest BCUT2D eigenvalue weighted by Crippen LogP contribution is -1.83. The van der Waals surface area contributed by atoms with Crippen LogP contribution < -0.4 is 0 Å². The first-order valence-electron chi connectivity index (χ1n) is 5.17. The van der Waals surface area contributed by atoms with Gasteiger partial charge in [-0.1, -0.05) is 48.2 Å². The average molecular weight is 255 g/mol. The molecule has 0 amide bonds. The molecule has 3 heteroatoms. The number of benzene rings is 1. The zero-order valence-electron chi connectivity index (χ0n) is 9.28. The van der Waals surface area contributed by atoms with Gasteiger partial charge < -0.3 is 0 Å². The van der Waals surface area contributed by atoms with Crippen molar-refractivity contribution < 1.29 is 4.79 Å². The van der Waals surface area contributed by atoms with E-state index in [4.69, 9.17) is 11.6 Å². The van der Waals surface area contributed by atoms with Crippen LogP contribution in [0.5, 0.6) is 0 Å². The Labute approximate surface area is 106 Å². The third-order valence-corrected chi connectivity index (χ3v) is 3.16. The van der Waals surface area contributed by atoms with Crippen molar-refractivity contribution in [3.8, 4) is 0 Å². The van der Waals surface area contributed by atoms with Crippen molar-refractivity contribution in [1.82, 2.24) is 0 Å². The summed E-state index contributed by atoms with van der Waals surface area (Å²) in [4.78, 5) is 10.7. The highest BCUT2D eigenvalue weighted by Crippen LogP contribution is 2.10. The third-order valence-electron chi connectivity index (χ3n) is 2.01. The van der Waals surface area contributed by atoms with E-state index in [9.17, 15) is 4.79 Å². The zero-order chi connectivity index (χ0) is 11.8. The molecule has 0 N–H and O–H groups in total. The summed E-state index contributed by atoms with van der Waals surface area (Å²) in [6.07, 6.45) is 5.06. The van der Waals surface area contributed by atoms with E-state index in [1.165, 1.54) is 11.8 Å². The van der Waals surface area contributed by atoms with Gasteiger partial charge in [0.05, 0.1) is 0 Å². The summed E-state index contributed by atoms with van der Waals surface area (Å²) >= 11 is 7.12. The quantitative estimate of drug-likeness (QED) is 0.581. The fraction of sp³-hybridized carbons (Fsp3) is 0.308. The van der Waals surface area contributed by atoms with Crippen LogP contribution in [0.2, 0.25) is 0 Å². The first-order chi connectivity index (χ1) is 7.72. The van der Waals surface area contributed by atoms with Crippen molar-refractivity contribution in [2.24, 2.45) is 0 Å². The van der Waals surface area contributed by atoms with Gasteiger partial charge in [-0.2, -0.15) is 0 Å². The summed E-state index contributed by atoms with van der Waals surface area (Å²) in [6, 6.07) is 8.13. The molecule has 0 bridgehead atoms. The molecule has 0 atom stereocenters. The van der Waals surface area contributed by atoms with Crippen LogP contribution >= 0.6 is 23.4 Å². The Balaban J connectivity index is 2.40. The molecular formula is C13H15ClOS. The van der Waals surface area contributed by atoms with Gasteiger partial charge >= 0.3 is 0 Å². The Morgan fingerprint density at radius 2 is 2.31 bits per heavy atom. The number of carbonyl (C=O) groups is 1. The first-order valence-corrected chi connectivity index (χ1v) is 6.69. The molecule has 0 aliphatic carbocycles. The summed E-state index contributed by atoms with van der Waals surface area (Å²) < 4.78 is 0. The van der Waals surface area contributed by atoms with E-state index in [0.717, 1.165) is 23.3 Å². The van der Waals surface area contributed by atoms with Crippen molar-refractivity contribution in [3.63, 3.8) is 0 Å². The maximum Gasteiger partial charge on any atom is 0.185 e. The number of hydrogen-bond acceptors (Lipinski definition) is 2. The summed E-state index contributed by atoms with van der Waals surface area (Å²) in [5.41, 5.74) is 2.29. The number of alkyl halides is 1. The van der Waals surface area contributed by atoms with E-state index in [2.05, 4.69) is 18.2 Å².